The van der Waals surface area contributed by atoms with E-state index in [9.17, 15) is 15.0 Å². The molecule has 1 aromatic rings. The van der Waals surface area contributed by atoms with E-state index in [1.54, 1.807) is 0 Å². The topological polar surface area (TPSA) is 60.8 Å². The van der Waals surface area contributed by atoms with Crippen LogP contribution in [0.5, 0.6) is 0 Å². The summed E-state index contributed by atoms with van der Waals surface area (Å²) in [6.07, 6.45) is 2.50. The molecule has 1 aliphatic rings. The van der Waals surface area contributed by atoms with Crippen molar-refractivity contribution < 1.29 is 15.0 Å². The molecular weight excluding hydrogens is 266 g/mol. The number of β-amino-alcohol motifs (C(OH)–C–C–N with tert-alkyl or cyclic N) is 1. The van der Waals surface area contributed by atoms with Crippen LogP contribution in [0.1, 0.15) is 44.3 Å². The third-order valence-corrected chi connectivity index (χ3v) is 4.61. The van der Waals surface area contributed by atoms with Gasteiger partial charge in [-0.25, -0.2) is 0 Å². The molecule has 21 heavy (non-hydrogen) atoms. The Balaban J connectivity index is 1.90. The van der Waals surface area contributed by atoms with Crippen molar-refractivity contribution >= 4 is 5.97 Å². The van der Waals surface area contributed by atoms with Gasteiger partial charge in [-0.1, -0.05) is 43.7 Å². The quantitative estimate of drug-likeness (QED) is 0.846. The monoisotopic (exact) mass is 291 g/mol. The van der Waals surface area contributed by atoms with Crippen LogP contribution in [0.3, 0.4) is 0 Å². The highest BCUT2D eigenvalue weighted by molar-refractivity contribution is 5.74. The lowest BCUT2D eigenvalue weighted by Gasteiger charge is -2.39. The normalized spacial score (nSPS) is 20.1. The first-order valence-electron chi connectivity index (χ1n) is 7.76. The van der Waals surface area contributed by atoms with Crippen molar-refractivity contribution in [3.63, 3.8) is 0 Å². The number of aliphatic hydroxyl groups excluding tert-OH is 1. The Morgan fingerprint density at radius 2 is 1.90 bits per heavy atom. The minimum Gasteiger partial charge on any atom is -0.481 e. The fraction of sp³-hybridized carbons (Fsp3) is 0.588. The molecule has 2 N–H and O–H groups in total. The zero-order valence-corrected chi connectivity index (χ0v) is 12.7. The van der Waals surface area contributed by atoms with Gasteiger partial charge in [0.25, 0.3) is 0 Å². The van der Waals surface area contributed by atoms with Crippen LogP contribution in [-0.4, -0.2) is 40.7 Å². The van der Waals surface area contributed by atoms with Crippen molar-refractivity contribution in [1.82, 2.24) is 4.90 Å². The van der Waals surface area contributed by atoms with Gasteiger partial charge in [0.15, 0.2) is 0 Å². The van der Waals surface area contributed by atoms with Gasteiger partial charge >= 0.3 is 5.97 Å². The number of carboxylic acid groups (broad SMARTS) is 1. The Morgan fingerprint density at radius 3 is 2.43 bits per heavy atom. The van der Waals surface area contributed by atoms with E-state index in [4.69, 9.17) is 0 Å². The first-order valence-corrected chi connectivity index (χ1v) is 7.76. The maximum atomic E-state index is 11.5. The Hall–Kier alpha value is -1.39. The summed E-state index contributed by atoms with van der Waals surface area (Å²) >= 11 is 0. The minimum absolute atomic E-state index is 0.505. The molecule has 0 amide bonds. The molecule has 1 saturated heterocycles. The largest absolute Gasteiger partial charge is 0.481 e. The van der Waals surface area contributed by atoms with E-state index in [2.05, 4.69) is 4.90 Å². The van der Waals surface area contributed by atoms with Crippen LogP contribution >= 0.6 is 0 Å². The summed E-state index contributed by atoms with van der Waals surface area (Å²) in [6.45, 7) is 4.11. The first-order chi connectivity index (χ1) is 10.1. The lowest BCUT2D eigenvalue weighted by molar-refractivity contribution is -0.152. The van der Waals surface area contributed by atoms with Crippen LogP contribution < -0.4 is 0 Å². The van der Waals surface area contributed by atoms with E-state index < -0.39 is 17.5 Å². The van der Waals surface area contributed by atoms with Crippen molar-refractivity contribution in [2.24, 2.45) is 5.41 Å². The number of hydrogen-bond donors (Lipinski definition) is 2. The van der Waals surface area contributed by atoms with E-state index in [0.717, 1.165) is 31.5 Å². The molecule has 4 heteroatoms. The van der Waals surface area contributed by atoms with Gasteiger partial charge in [0, 0.05) is 6.54 Å². The molecule has 0 bridgehead atoms. The van der Waals surface area contributed by atoms with Gasteiger partial charge in [0.05, 0.1) is 11.5 Å². The summed E-state index contributed by atoms with van der Waals surface area (Å²) in [4.78, 5) is 13.7. The standard InChI is InChI=1S/C17H25NO3/c1-2-8-17(16(20)21)9-11-18(12-10-17)13-15(19)14-6-4-3-5-7-14/h3-7,15,19H,2,8-13H2,1H3,(H,20,21). The SMILES string of the molecule is CCCC1(C(=O)O)CCN(CC(O)c2ccccc2)CC1. The molecule has 1 atom stereocenters. The highest BCUT2D eigenvalue weighted by Crippen LogP contribution is 2.36. The van der Waals surface area contributed by atoms with Crippen LogP contribution in [0.25, 0.3) is 0 Å². The molecular formula is C17H25NO3. The van der Waals surface area contributed by atoms with E-state index >= 15 is 0 Å². The molecule has 0 saturated carbocycles. The molecule has 1 fully saturated rings. The molecule has 0 aromatic heterocycles. The van der Waals surface area contributed by atoms with Crippen molar-refractivity contribution in [1.29, 1.82) is 0 Å². The number of nitrogens with zero attached hydrogens (tertiary/aromatic N) is 1. The summed E-state index contributed by atoms with van der Waals surface area (Å²) in [5.74, 6) is -0.660. The van der Waals surface area contributed by atoms with E-state index in [0.29, 0.717) is 19.4 Å². The van der Waals surface area contributed by atoms with Gasteiger partial charge in [0.2, 0.25) is 0 Å². The lowest BCUT2D eigenvalue weighted by atomic mass is 9.75. The second-order valence-electron chi connectivity index (χ2n) is 6.06. The fourth-order valence-corrected chi connectivity index (χ4v) is 3.24. The third kappa shape index (κ3) is 3.83. The summed E-state index contributed by atoms with van der Waals surface area (Å²) in [5, 5.41) is 19.8. The van der Waals surface area contributed by atoms with Crippen molar-refractivity contribution in [3.8, 4) is 0 Å². The van der Waals surface area contributed by atoms with Gasteiger partial charge in [0.1, 0.15) is 0 Å². The number of hydrogen-bond acceptors (Lipinski definition) is 3. The Kier molecular flexibility index (Phi) is 5.37. The van der Waals surface area contributed by atoms with Crippen molar-refractivity contribution in [3.05, 3.63) is 35.9 Å². The summed E-state index contributed by atoms with van der Waals surface area (Å²) in [5.41, 5.74) is 0.365. The molecule has 2 rings (SSSR count). The summed E-state index contributed by atoms with van der Waals surface area (Å²) < 4.78 is 0. The predicted molar refractivity (Wildman–Crippen MR) is 82.1 cm³/mol. The second kappa shape index (κ2) is 7.05. The number of benzene rings is 1. The first kappa shape index (κ1) is 16.0. The molecule has 4 nitrogen and oxygen atoms in total. The molecule has 0 aliphatic carbocycles. The Labute approximate surface area is 126 Å². The van der Waals surface area contributed by atoms with Gasteiger partial charge in [-0.3, -0.25) is 4.79 Å². The molecule has 1 aromatic carbocycles. The lowest BCUT2D eigenvalue weighted by Crippen LogP contribution is -2.45. The highest BCUT2D eigenvalue weighted by atomic mass is 16.4. The van der Waals surface area contributed by atoms with Crippen LogP contribution in [0.4, 0.5) is 0 Å². The molecule has 0 spiro atoms. The zero-order chi connectivity index (χ0) is 15.3. The van der Waals surface area contributed by atoms with Gasteiger partial charge < -0.3 is 15.1 Å². The molecule has 0 radical (unpaired) electrons. The van der Waals surface area contributed by atoms with Gasteiger partial charge in [-0.2, -0.15) is 0 Å². The smallest absolute Gasteiger partial charge is 0.309 e. The maximum Gasteiger partial charge on any atom is 0.309 e. The fourth-order valence-electron chi connectivity index (χ4n) is 3.24. The second-order valence-corrected chi connectivity index (χ2v) is 6.06. The summed E-state index contributed by atoms with van der Waals surface area (Å²) in [6, 6.07) is 9.63. The number of aliphatic carboxylic acids is 1. The van der Waals surface area contributed by atoms with E-state index in [1.807, 2.05) is 37.3 Å². The number of carboxylic acids is 1. The zero-order valence-electron chi connectivity index (χ0n) is 12.7. The van der Waals surface area contributed by atoms with Gasteiger partial charge in [-0.15, -0.1) is 0 Å². The number of likely N-dealkylation sites (tertiary alicyclic amines) is 1. The van der Waals surface area contributed by atoms with Gasteiger partial charge in [-0.05, 0) is 37.9 Å². The highest BCUT2D eigenvalue weighted by Gasteiger charge is 2.40. The van der Waals surface area contributed by atoms with Crippen LogP contribution in [-0.2, 0) is 4.79 Å². The Morgan fingerprint density at radius 1 is 1.29 bits per heavy atom. The van der Waals surface area contributed by atoms with E-state index in [-0.39, 0.29) is 0 Å². The molecule has 1 heterocycles. The maximum absolute atomic E-state index is 11.5. The van der Waals surface area contributed by atoms with E-state index in [1.165, 1.54) is 0 Å². The molecule has 1 unspecified atom stereocenters. The van der Waals surface area contributed by atoms with Crippen molar-refractivity contribution in [2.75, 3.05) is 19.6 Å². The van der Waals surface area contributed by atoms with Crippen molar-refractivity contribution in [2.45, 2.75) is 38.7 Å². The predicted octanol–water partition coefficient (Wildman–Crippen LogP) is 2.69. The number of rotatable bonds is 6. The van der Waals surface area contributed by atoms with Crippen LogP contribution in [0.2, 0.25) is 0 Å². The van der Waals surface area contributed by atoms with Crippen LogP contribution in [0, 0.1) is 5.41 Å². The Bertz CT molecular complexity index is 452. The minimum atomic E-state index is -0.660. The number of aliphatic hydroxyl groups is 1. The number of piperidine rings is 1. The third-order valence-electron chi connectivity index (χ3n) is 4.61. The summed E-state index contributed by atoms with van der Waals surface area (Å²) in [7, 11) is 0. The van der Waals surface area contributed by atoms with Crippen LogP contribution in [0.15, 0.2) is 30.3 Å². The molecule has 1 aliphatic heterocycles. The molecule has 116 valence electrons. The average Bonchev–Trinajstić information content (AvgIpc) is 2.50. The number of carbonyl (C=O) groups is 1. The average molecular weight is 291 g/mol.